The third kappa shape index (κ3) is 6.12. The van der Waals surface area contributed by atoms with Crippen LogP contribution in [0.3, 0.4) is 0 Å². The summed E-state index contributed by atoms with van der Waals surface area (Å²) in [5.41, 5.74) is -0.122. The van der Waals surface area contributed by atoms with E-state index in [0.717, 1.165) is 11.6 Å². The van der Waals surface area contributed by atoms with E-state index in [-0.39, 0.29) is 23.2 Å². The van der Waals surface area contributed by atoms with E-state index >= 15 is 0 Å². The zero-order valence-corrected chi connectivity index (χ0v) is 21.1. The maximum Gasteiger partial charge on any atom is 0.413 e. The molecule has 3 N–H and O–H groups in total. The summed E-state index contributed by atoms with van der Waals surface area (Å²) in [6.07, 6.45) is -0.970. The Morgan fingerprint density at radius 3 is 2.21 bits per heavy atom. The minimum Gasteiger partial charge on any atom is -0.504 e. The molecule has 9 heteroatoms. The molecular weight excluding hydrogens is 490 g/mol. The van der Waals surface area contributed by atoms with Gasteiger partial charge in [0.25, 0.3) is 0 Å². The Bertz CT molecular complexity index is 1520. The highest BCUT2D eigenvalue weighted by molar-refractivity contribution is 5.90. The van der Waals surface area contributed by atoms with Crippen LogP contribution >= 0.6 is 0 Å². The summed E-state index contributed by atoms with van der Waals surface area (Å²) in [4.78, 5) is 38.3. The van der Waals surface area contributed by atoms with E-state index in [0.29, 0.717) is 5.56 Å². The molecule has 4 rings (SSSR count). The first-order chi connectivity index (χ1) is 18.0. The molecule has 0 saturated heterocycles. The Labute approximate surface area is 218 Å². The number of benzene rings is 3. The van der Waals surface area contributed by atoms with Crippen molar-refractivity contribution in [1.29, 1.82) is 0 Å². The maximum atomic E-state index is 12.8. The highest BCUT2D eigenvalue weighted by atomic mass is 16.6. The molecule has 196 valence electrons. The molecule has 0 aliphatic rings. The number of phenols is 2. The van der Waals surface area contributed by atoms with Gasteiger partial charge in [-0.05, 0) is 26.3 Å². The number of amides is 1. The molecule has 38 heavy (non-hydrogen) atoms. The number of nitrogens with one attached hydrogen (secondary N) is 1. The molecule has 0 unspecified atom stereocenters. The smallest absolute Gasteiger partial charge is 0.413 e. The predicted molar refractivity (Wildman–Crippen MR) is 140 cm³/mol. The van der Waals surface area contributed by atoms with E-state index in [9.17, 15) is 24.6 Å². The Kier molecular flexibility index (Phi) is 7.38. The van der Waals surface area contributed by atoms with Crippen molar-refractivity contribution in [2.24, 2.45) is 0 Å². The van der Waals surface area contributed by atoms with E-state index in [4.69, 9.17) is 13.9 Å². The number of esters is 1. The fraction of sp³-hybridized carbons (Fsp3) is 0.207. The molecule has 0 saturated carbocycles. The van der Waals surface area contributed by atoms with E-state index < -0.39 is 46.4 Å². The average Bonchev–Trinajstić information content (AvgIpc) is 2.86. The van der Waals surface area contributed by atoms with Crippen LogP contribution in [0.2, 0.25) is 0 Å². The number of rotatable bonds is 6. The van der Waals surface area contributed by atoms with E-state index in [1.54, 1.807) is 75.4 Å². The highest BCUT2D eigenvalue weighted by Crippen LogP contribution is 2.41. The SMILES string of the molecule is CC(C)(C)OC(=O)[C@H](Cc1ccccc1)NC(=O)Oc1cc2oc(-c3ccccc3)cc(=O)c2c(O)c1O. The monoisotopic (exact) mass is 517 g/mol. The number of carbonyl (C=O) groups is 2. The van der Waals surface area contributed by atoms with E-state index in [1.807, 2.05) is 6.07 Å². The Balaban J connectivity index is 1.63. The summed E-state index contributed by atoms with van der Waals surface area (Å²) in [5.74, 6) is -2.56. The van der Waals surface area contributed by atoms with Crippen molar-refractivity contribution in [3.63, 3.8) is 0 Å². The van der Waals surface area contributed by atoms with Crippen LogP contribution in [0.4, 0.5) is 4.79 Å². The second-order valence-electron chi connectivity index (χ2n) is 9.60. The van der Waals surface area contributed by atoms with Crippen molar-refractivity contribution in [3.8, 4) is 28.6 Å². The highest BCUT2D eigenvalue weighted by Gasteiger charge is 2.28. The summed E-state index contributed by atoms with van der Waals surface area (Å²) >= 11 is 0. The lowest BCUT2D eigenvalue weighted by Gasteiger charge is -2.24. The van der Waals surface area contributed by atoms with Crippen molar-refractivity contribution >= 4 is 23.0 Å². The van der Waals surface area contributed by atoms with E-state index in [2.05, 4.69) is 5.32 Å². The summed E-state index contributed by atoms with van der Waals surface area (Å²) in [7, 11) is 0. The summed E-state index contributed by atoms with van der Waals surface area (Å²) < 4.78 is 16.5. The first kappa shape index (κ1) is 26.3. The van der Waals surface area contributed by atoms with Crippen LogP contribution in [0, 0.1) is 0 Å². The normalized spacial score (nSPS) is 12.1. The topological polar surface area (TPSA) is 135 Å². The van der Waals surface area contributed by atoms with Crippen LogP contribution in [-0.2, 0) is 16.0 Å². The van der Waals surface area contributed by atoms with Gasteiger partial charge >= 0.3 is 12.1 Å². The van der Waals surface area contributed by atoms with Gasteiger partial charge in [0.2, 0.25) is 5.75 Å². The van der Waals surface area contributed by atoms with Crippen molar-refractivity contribution in [2.75, 3.05) is 0 Å². The second kappa shape index (κ2) is 10.7. The van der Waals surface area contributed by atoms with Crippen LogP contribution in [0.15, 0.2) is 82.0 Å². The van der Waals surface area contributed by atoms with Gasteiger partial charge in [0.15, 0.2) is 16.9 Å². The van der Waals surface area contributed by atoms with Crippen molar-refractivity contribution in [3.05, 3.63) is 88.6 Å². The number of phenolic OH excluding ortho intramolecular Hbond substituents is 2. The summed E-state index contributed by atoms with van der Waals surface area (Å²) in [5, 5.41) is 23.1. The Morgan fingerprint density at radius 1 is 0.947 bits per heavy atom. The second-order valence-corrected chi connectivity index (χ2v) is 9.60. The number of hydrogen-bond donors (Lipinski definition) is 3. The molecule has 0 fully saturated rings. The van der Waals surface area contributed by atoms with Crippen LogP contribution in [-0.4, -0.2) is 33.9 Å². The molecular formula is C29H27NO8. The maximum absolute atomic E-state index is 12.8. The molecule has 1 heterocycles. The third-order valence-corrected chi connectivity index (χ3v) is 5.46. The summed E-state index contributed by atoms with van der Waals surface area (Å²) in [6.45, 7) is 5.11. The van der Waals surface area contributed by atoms with E-state index in [1.165, 1.54) is 6.07 Å². The molecule has 0 spiro atoms. The first-order valence-electron chi connectivity index (χ1n) is 11.8. The van der Waals surface area contributed by atoms with Gasteiger partial charge in [0.1, 0.15) is 28.4 Å². The Morgan fingerprint density at radius 2 is 1.58 bits per heavy atom. The summed E-state index contributed by atoms with van der Waals surface area (Å²) in [6, 6.07) is 19.0. The van der Waals surface area contributed by atoms with Crippen LogP contribution < -0.4 is 15.5 Å². The van der Waals surface area contributed by atoms with Crippen molar-refractivity contribution in [1.82, 2.24) is 5.32 Å². The van der Waals surface area contributed by atoms with Gasteiger partial charge in [-0.2, -0.15) is 0 Å². The molecule has 0 radical (unpaired) electrons. The van der Waals surface area contributed by atoms with Crippen LogP contribution in [0.5, 0.6) is 17.2 Å². The molecule has 4 aromatic rings. The number of aromatic hydroxyl groups is 2. The molecule has 0 aliphatic carbocycles. The Hall–Kier alpha value is -4.79. The minimum atomic E-state index is -1.11. The first-order valence-corrected chi connectivity index (χ1v) is 11.8. The molecule has 0 bridgehead atoms. The lowest BCUT2D eigenvalue weighted by molar-refractivity contribution is -0.157. The van der Waals surface area contributed by atoms with Gasteiger partial charge in [-0.1, -0.05) is 60.7 Å². The van der Waals surface area contributed by atoms with Crippen molar-refractivity contribution in [2.45, 2.75) is 38.8 Å². The van der Waals surface area contributed by atoms with Crippen LogP contribution in [0.1, 0.15) is 26.3 Å². The zero-order chi connectivity index (χ0) is 27.4. The number of hydrogen-bond acceptors (Lipinski definition) is 8. The van der Waals surface area contributed by atoms with Gasteiger partial charge in [-0.25, -0.2) is 9.59 Å². The van der Waals surface area contributed by atoms with Crippen molar-refractivity contribution < 1.29 is 33.7 Å². The van der Waals surface area contributed by atoms with Gasteiger partial charge in [0, 0.05) is 24.1 Å². The lowest BCUT2D eigenvalue weighted by Crippen LogP contribution is -2.46. The molecule has 3 aromatic carbocycles. The number of carbonyl (C=O) groups excluding carboxylic acids is 2. The van der Waals surface area contributed by atoms with Gasteiger partial charge in [-0.15, -0.1) is 0 Å². The largest absolute Gasteiger partial charge is 0.504 e. The number of fused-ring (bicyclic) bond motifs is 1. The lowest BCUT2D eigenvalue weighted by atomic mass is 10.1. The molecule has 1 atom stereocenters. The minimum absolute atomic E-state index is 0.109. The number of ether oxygens (including phenoxy) is 2. The fourth-order valence-corrected chi connectivity index (χ4v) is 3.78. The standard InChI is InChI=1S/C29H27NO8/c1-29(2,3)38-27(34)19(14-17-10-6-4-7-11-17)30-28(35)37-23-16-22-24(26(33)25(23)32)20(31)15-21(36-22)18-12-8-5-9-13-18/h4-13,15-16,19,32-33H,14H2,1-3H3,(H,30,35)/t19-/m0/s1. The van der Waals surface area contributed by atoms with Gasteiger partial charge in [0.05, 0.1) is 0 Å². The molecule has 1 aromatic heterocycles. The predicted octanol–water partition coefficient (Wildman–Crippen LogP) is 4.91. The van der Waals surface area contributed by atoms with Gasteiger partial charge in [-0.3, -0.25) is 4.79 Å². The quantitative estimate of drug-likeness (QED) is 0.242. The van der Waals surface area contributed by atoms with Crippen LogP contribution in [0.25, 0.3) is 22.3 Å². The van der Waals surface area contributed by atoms with Gasteiger partial charge < -0.3 is 29.4 Å². The zero-order valence-electron chi connectivity index (χ0n) is 21.1. The fourth-order valence-electron chi connectivity index (χ4n) is 3.78. The molecule has 1 amide bonds. The molecule has 0 aliphatic heterocycles. The molecule has 9 nitrogen and oxygen atoms in total. The third-order valence-electron chi connectivity index (χ3n) is 5.46. The average molecular weight is 518 g/mol.